The molecule has 0 fully saturated rings. The lowest BCUT2D eigenvalue weighted by Crippen LogP contribution is -2.37. The molecule has 0 bridgehead atoms. The molecule has 0 aliphatic heterocycles. The van der Waals surface area contributed by atoms with E-state index in [4.69, 9.17) is 0 Å². The van der Waals surface area contributed by atoms with Crippen molar-refractivity contribution in [3.8, 4) is 0 Å². The lowest BCUT2D eigenvalue weighted by atomic mass is 10.2. The third-order valence-electron chi connectivity index (χ3n) is 2.94. The summed E-state index contributed by atoms with van der Waals surface area (Å²) < 4.78 is 0. The molecule has 0 saturated heterocycles. The first-order valence-corrected chi connectivity index (χ1v) is 6.85. The van der Waals surface area contributed by atoms with E-state index >= 15 is 0 Å². The van der Waals surface area contributed by atoms with Crippen LogP contribution in [0.3, 0.4) is 0 Å². The summed E-state index contributed by atoms with van der Waals surface area (Å²) in [6, 6.07) is 19.7. The summed E-state index contributed by atoms with van der Waals surface area (Å²) in [6.07, 6.45) is 0. The largest absolute Gasteiger partial charge is 0.306 e. The van der Waals surface area contributed by atoms with Gasteiger partial charge in [-0.2, -0.15) is 0 Å². The molecule has 2 rings (SSSR count). The summed E-state index contributed by atoms with van der Waals surface area (Å²) in [5.41, 5.74) is 1.77. The number of nitrogens with zero attached hydrogens (tertiary/aromatic N) is 1. The van der Waals surface area contributed by atoms with E-state index < -0.39 is 0 Å². The highest BCUT2D eigenvalue weighted by molar-refractivity contribution is 6.01. The molecule has 0 unspecified atom stereocenters. The molecular formula is C17H20N2O. The van der Waals surface area contributed by atoms with Crippen LogP contribution in [-0.2, 0) is 4.79 Å². The van der Waals surface area contributed by atoms with Gasteiger partial charge in [0.2, 0.25) is 5.91 Å². The third-order valence-corrected chi connectivity index (χ3v) is 2.94. The zero-order valence-corrected chi connectivity index (χ0v) is 11.9. The zero-order chi connectivity index (χ0) is 14.4. The fourth-order valence-electron chi connectivity index (χ4n) is 1.96. The van der Waals surface area contributed by atoms with Gasteiger partial charge in [0.1, 0.15) is 0 Å². The van der Waals surface area contributed by atoms with E-state index in [0.717, 1.165) is 11.4 Å². The molecule has 0 aliphatic rings. The Hall–Kier alpha value is -2.13. The zero-order valence-electron chi connectivity index (χ0n) is 11.9. The molecule has 0 atom stereocenters. The number of hydrogen-bond acceptors (Lipinski definition) is 2. The summed E-state index contributed by atoms with van der Waals surface area (Å²) in [6.45, 7) is 4.38. The molecule has 3 nitrogen and oxygen atoms in total. The molecule has 2 aromatic carbocycles. The van der Waals surface area contributed by atoms with Gasteiger partial charge in [0.05, 0.1) is 6.54 Å². The number of nitrogens with one attached hydrogen (secondary N) is 1. The van der Waals surface area contributed by atoms with E-state index in [9.17, 15) is 4.79 Å². The Bertz CT molecular complexity index is 498. The highest BCUT2D eigenvalue weighted by Crippen LogP contribution is 2.24. The minimum Gasteiger partial charge on any atom is -0.306 e. The molecule has 3 heteroatoms. The Balaban J connectivity index is 2.28. The standard InChI is InChI=1S/C17H20N2O/c1-14(2)18-13-17(20)19(15-9-5-3-6-10-15)16-11-7-4-8-12-16/h3-12,14,18H,13H2,1-2H3. The second kappa shape index (κ2) is 6.87. The van der Waals surface area contributed by atoms with Gasteiger partial charge in [-0.3, -0.25) is 9.69 Å². The first kappa shape index (κ1) is 14.3. The number of para-hydroxylation sites is 2. The van der Waals surface area contributed by atoms with Gasteiger partial charge < -0.3 is 5.32 Å². The fourth-order valence-corrected chi connectivity index (χ4v) is 1.96. The molecule has 2 aromatic rings. The number of anilines is 2. The maximum absolute atomic E-state index is 12.5. The Morgan fingerprint density at radius 1 is 0.950 bits per heavy atom. The maximum atomic E-state index is 12.5. The second-order valence-corrected chi connectivity index (χ2v) is 4.94. The lowest BCUT2D eigenvalue weighted by Gasteiger charge is -2.23. The maximum Gasteiger partial charge on any atom is 0.245 e. The summed E-state index contributed by atoms with van der Waals surface area (Å²) in [5.74, 6) is 0.0381. The molecule has 20 heavy (non-hydrogen) atoms. The first-order chi connectivity index (χ1) is 9.68. The van der Waals surface area contributed by atoms with Crippen LogP contribution in [0, 0.1) is 0 Å². The molecule has 0 radical (unpaired) electrons. The number of carbonyl (C=O) groups excluding carboxylic acids is 1. The molecule has 0 aliphatic carbocycles. The van der Waals surface area contributed by atoms with Crippen molar-refractivity contribution in [2.24, 2.45) is 0 Å². The molecule has 0 aromatic heterocycles. The predicted molar refractivity (Wildman–Crippen MR) is 83.2 cm³/mol. The van der Waals surface area contributed by atoms with Crippen molar-refractivity contribution < 1.29 is 4.79 Å². The van der Waals surface area contributed by atoms with E-state index in [1.54, 1.807) is 4.90 Å². The Morgan fingerprint density at radius 3 is 1.80 bits per heavy atom. The van der Waals surface area contributed by atoms with E-state index in [1.165, 1.54) is 0 Å². The first-order valence-electron chi connectivity index (χ1n) is 6.85. The molecule has 1 N–H and O–H groups in total. The number of carbonyl (C=O) groups is 1. The molecule has 0 saturated carbocycles. The fraction of sp³-hybridized carbons (Fsp3) is 0.235. The van der Waals surface area contributed by atoms with Gasteiger partial charge in [-0.15, -0.1) is 0 Å². The highest BCUT2D eigenvalue weighted by atomic mass is 16.2. The van der Waals surface area contributed by atoms with Crippen molar-refractivity contribution in [2.75, 3.05) is 11.4 Å². The van der Waals surface area contributed by atoms with Crippen molar-refractivity contribution in [2.45, 2.75) is 19.9 Å². The van der Waals surface area contributed by atoms with Crippen molar-refractivity contribution in [1.82, 2.24) is 5.32 Å². The predicted octanol–water partition coefficient (Wildman–Crippen LogP) is 3.35. The Kier molecular flexibility index (Phi) is 4.91. The lowest BCUT2D eigenvalue weighted by molar-refractivity contribution is -0.117. The van der Waals surface area contributed by atoms with Crippen LogP contribution >= 0.6 is 0 Å². The molecule has 0 heterocycles. The quantitative estimate of drug-likeness (QED) is 0.902. The topological polar surface area (TPSA) is 32.3 Å². The summed E-state index contributed by atoms with van der Waals surface area (Å²) in [5, 5.41) is 3.17. The number of benzene rings is 2. The van der Waals surface area contributed by atoms with Crippen LogP contribution in [0.25, 0.3) is 0 Å². The van der Waals surface area contributed by atoms with Crippen LogP contribution in [0.4, 0.5) is 11.4 Å². The third kappa shape index (κ3) is 3.68. The van der Waals surface area contributed by atoms with Gasteiger partial charge in [-0.25, -0.2) is 0 Å². The van der Waals surface area contributed by atoms with Gasteiger partial charge in [0, 0.05) is 17.4 Å². The van der Waals surface area contributed by atoms with Gasteiger partial charge in [-0.1, -0.05) is 50.2 Å². The van der Waals surface area contributed by atoms with Crippen LogP contribution in [0.1, 0.15) is 13.8 Å². The molecule has 104 valence electrons. The molecule has 1 amide bonds. The van der Waals surface area contributed by atoms with E-state index in [1.807, 2.05) is 74.5 Å². The van der Waals surface area contributed by atoms with Crippen LogP contribution < -0.4 is 10.2 Å². The normalized spacial score (nSPS) is 10.6. The summed E-state index contributed by atoms with van der Waals surface area (Å²) in [4.78, 5) is 14.3. The SMILES string of the molecule is CC(C)NCC(=O)N(c1ccccc1)c1ccccc1. The number of rotatable bonds is 5. The van der Waals surface area contributed by atoms with Crippen molar-refractivity contribution >= 4 is 17.3 Å². The smallest absolute Gasteiger partial charge is 0.245 e. The van der Waals surface area contributed by atoms with Crippen molar-refractivity contribution in [1.29, 1.82) is 0 Å². The molecule has 0 spiro atoms. The highest BCUT2D eigenvalue weighted by Gasteiger charge is 2.17. The summed E-state index contributed by atoms with van der Waals surface area (Å²) >= 11 is 0. The Morgan fingerprint density at radius 2 is 1.40 bits per heavy atom. The van der Waals surface area contributed by atoms with Crippen molar-refractivity contribution in [3.63, 3.8) is 0 Å². The monoisotopic (exact) mass is 268 g/mol. The van der Waals surface area contributed by atoms with Crippen LogP contribution in [0.2, 0.25) is 0 Å². The van der Waals surface area contributed by atoms with Gasteiger partial charge in [0.15, 0.2) is 0 Å². The average Bonchev–Trinajstić information content (AvgIpc) is 2.48. The summed E-state index contributed by atoms with van der Waals surface area (Å²) in [7, 11) is 0. The van der Waals surface area contributed by atoms with Crippen LogP contribution in [0.5, 0.6) is 0 Å². The van der Waals surface area contributed by atoms with Crippen LogP contribution in [0.15, 0.2) is 60.7 Å². The van der Waals surface area contributed by atoms with E-state index in [2.05, 4.69) is 5.32 Å². The van der Waals surface area contributed by atoms with Gasteiger partial charge in [-0.05, 0) is 24.3 Å². The van der Waals surface area contributed by atoms with Crippen molar-refractivity contribution in [3.05, 3.63) is 60.7 Å². The van der Waals surface area contributed by atoms with Crippen LogP contribution in [-0.4, -0.2) is 18.5 Å². The number of hydrogen-bond donors (Lipinski definition) is 1. The Labute approximate surface area is 120 Å². The van der Waals surface area contributed by atoms with E-state index in [0.29, 0.717) is 6.54 Å². The molecular weight excluding hydrogens is 248 g/mol. The minimum atomic E-state index is 0.0381. The second-order valence-electron chi connectivity index (χ2n) is 4.94. The van der Waals surface area contributed by atoms with Gasteiger partial charge in [0.25, 0.3) is 0 Å². The van der Waals surface area contributed by atoms with Gasteiger partial charge >= 0.3 is 0 Å². The minimum absolute atomic E-state index is 0.0381. The number of amides is 1. The average molecular weight is 268 g/mol. The van der Waals surface area contributed by atoms with E-state index in [-0.39, 0.29) is 11.9 Å².